The van der Waals surface area contributed by atoms with E-state index < -0.39 is 5.67 Å². The minimum atomic E-state index is -1.32. The van der Waals surface area contributed by atoms with E-state index in [0.29, 0.717) is 18.5 Å². The van der Waals surface area contributed by atoms with Crippen molar-refractivity contribution in [3.8, 4) is 0 Å². The summed E-state index contributed by atoms with van der Waals surface area (Å²) in [5.74, 6) is 0.122. The SMILES string of the molecule is C=CC1CC1(F)C(C)=N.CCCc1c(Cn2ccnc2)ncn(C(=N)COC)c1=N. The highest BCUT2D eigenvalue weighted by atomic mass is 19.1. The number of aromatic nitrogens is 4. The van der Waals surface area contributed by atoms with Gasteiger partial charge < -0.3 is 14.7 Å². The number of ether oxygens (including phenoxy) is 1. The Kier molecular flexibility index (Phi) is 7.93. The van der Waals surface area contributed by atoms with E-state index in [0.717, 1.165) is 24.1 Å². The molecule has 0 spiro atoms. The molecule has 0 bridgehead atoms. The monoisotopic (exact) mass is 415 g/mol. The molecule has 8 nitrogen and oxygen atoms in total. The number of halogens is 1. The third-order valence-corrected chi connectivity index (χ3v) is 5.02. The number of hydrogen-bond acceptors (Lipinski definition) is 6. The third-order valence-electron chi connectivity index (χ3n) is 5.02. The Morgan fingerprint density at radius 2 is 2.17 bits per heavy atom. The molecule has 2 aromatic heterocycles. The number of hydrogen-bond donors (Lipinski definition) is 3. The molecule has 0 saturated heterocycles. The Bertz CT molecular complexity index is 951. The lowest BCUT2D eigenvalue weighted by Crippen LogP contribution is -2.33. The van der Waals surface area contributed by atoms with E-state index in [9.17, 15) is 4.39 Å². The zero-order valence-electron chi connectivity index (χ0n) is 17.8. The van der Waals surface area contributed by atoms with Crippen molar-refractivity contribution in [1.29, 1.82) is 16.2 Å². The van der Waals surface area contributed by atoms with Gasteiger partial charge >= 0.3 is 0 Å². The molecular weight excluding hydrogens is 385 g/mol. The van der Waals surface area contributed by atoms with Crippen LogP contribution in [0.2, 0.25) is 0 Å². The third kappa shape index (κ3) is 5.35. The average molecular weight is 416 g/mol. The van der Waals surface area contributed by atoms with Crippen molar-refractivity contribution in [2.45, 2.75) is 45.3 Å². The molecule has 0 aliphatic heterocycles. The number of alkyl halides is 1. The van der Waals surface area contributed by atoms with Gasteiger partial charge in [0, 0.05) is 36.7 Å². The summed E-state index contributed by atoms with van der Waals surface area (Å²) in [7, 11) is 1.53. The molecule has 9 heteroatoms. The predicted molar refractivity (Wildman–Crippen MR) is 114 cm³/mol. The van der Waals surface area contributed by atoms with Crippen LogP contribution in [0.15, 0.2) is 37.7 Å². The summed E-state index contributed by atoms with van der Waals surface area (Å²) in [6.07, 6.45) is 10.6. The molecule has 3 N–H and O–H groups in total. The van der Waals surface area contributed by atoms with Crippen molar-refractivity contribution >= 4 is 11.5 Å². The van der Waals surface area contributed by atoms with E-state index in [1.54, 1.807) is 18.6 Å². The van der Waals surface area contributed by atoms with Crippen LogP contribution in [-0.4, -0.2) is 50.0 Å². The Hall–Kier alpha value is -2.94. The lowest BCUT2D eigenvalue weighted by Gasteiger charge is -2.14. The minimum absolute atomic E-state index is 0.0880. The molecule has 0 radical (unpaired) electrons. The lowest BCUT2D eigenvalue weighted by atomic mass is 10.1. The highest BCUT2D eigenvalue weighted by Gasteiger charge is 2.55. The molecule has 30 heavy (non-hydrogen) atoms. The maximum Gasteiger partial charge on any atom is 0.154 e. The van der Waals surface area contributed by atoms with Crippen molar-refractivity contribution in [1.82, 2.24) is 19.1 Å². The lowest BCUT2D eigenvalue weighted by molar-refractivity contribution is 0.242. The summed E-state index contributed by atoms with van der Waals surface area (Å²) in [4.78, 5) is 8.45. The predicted octanol–water partition coefficient (Wildman–Crippen LogP) is 2.97. The summed E-state index contributed by atoms with van der Waals surface area (Å²) < 4.78 is 21.3. The number of allylic oxidation sites excluding steroid dienone is 1. The van der Waals surface area contributed by atoms with Gasteiger partial charge in [-0.1, -0.05) is 19.4 Å². The van der Waals surface area contributed by atoms with Crippen LogP contribution in [0.25, 0.3) is 0 Å². The fraction of sp³-hybridized carbons (Fsp3) is 0.476. The molecule has 0 amide bonds. The fourth-order valence-corrected chi connectivity index (χ4v) is 3.12. The van der Waals surface area contributed by atoms with E-state index in [1.807, 2.05) is 10.8 Å². The van der Waals surface area contributed by atoms with Crippen molar-refractivity contribution in [2.24, 2.45) is 5.92 Å². The van der Waals surface area contributed by atoms with Crippen molar-refractivity contribution in [3.63, 3.8) is 0 Å². The van der Waals surface area contributed by atoms with E-state index in [1.165, 1.54) is 24.9 Å². The van der Waals surface area contributed by atoms with Gasteiger partial charge in [-0.2, -0.15) is 0 Å². The van der Waals surface area contributed by atoms with Gasteiger partial charge in [0.25, 0.3) is 0 Å². The van der Waals surface area contributed by atoms with E-state index >= 15 is 0 Å². The molecule has 1 saturated carbocycles. The first kappa shape index (κ1) is 23.3. The van der Waals surface area contributed by atoms with Crippen molar-refractivity contribution in [3.05, 3.63) is 54.4 Å². The molecule has 0 aromatic carbocycles. The van der Waals surface area contributed by atoms with Gasteiger partial charge in [-0.3, -0.25) is 15.4 Å². The van der Waals surface area contributed by atoms with Crippen LogP contribution in [0.1, 0.15) is 37.9 Å². The second-order valence-electron chi connectivity index (χ2n) is 7.29. The van der Waals surface area contributed by atoms with Crippen molar-refractivity contribution < 1.29 is 9.13 Å². The molecular formula is C21H30FN7O. The topological polar surface area (TPSA) is 116 Å². The van der Waals surface area contributed by atoms with Crippen molar-refractivity contribution in [2.75, 3.05) is 13.7 Å². The molecule has 1 aliphatic rings. The number of methoxy groups -OCH3 is 1. The molecule has 2 unspecified atom stereocenters. The smallest absolute Gasteiger partial charge is 0.154 e. The second-order valence-corrected chi connectivity index (χ2v) is 7.29. The molecule has 1 aliphatic carbocycles. The van der Waals surface area contributed by atoms with Crippen LogP contribution in [0.5, 0.6) is 0 Å². The van der Waals surface area contributed by atoms with Crippen LogP contribution >= 0.6 is 0 Å². The van der Waals surface area contributed by atoms with Crippen LogP contribution in [0.4, 0.5) is 4.39 Å². The normalized spacial score (nSPS) is 19.5. The molecule has 162 valence electrons. The summed E-state index contributed by atoms with van der Waals surface area (Å²) in [6, 6.07) is 0. The average Bonchev–Trinajstić information content (AvgIpc) is 3.14. The molecule has 2 heterocycles. The molecule has 2 atom stereocenters. The number of rotatable bonds is 8. The maximum atomic E-state index is 13.0. The Labute approximate surface area is 176 Å². The zero-order chi connectivity index (χ0) is 22.3. The highest BCUT2D eigenvalue weighted by Crippen LogP contribution is 2.48. The van der Waals surface area contributed by atoms with E-state index in [2.05, 4.69) is 23.5 Å². The Morgan fingerprint density at radius 3 is 2.63 bits per heavy atom. The van der Waals surface area contributed by atoms with Crippen LogP contribution in [0.3, 0.4) is 0 Å². The van der Waals surface area contributed by atoms with Gasteiger partial charge in [0.15, 0.2) is 5.67 Å². The van der Waals surface area contributed by atoms with E-state index in [-0.39, 0.29) is 24.1 Å². The summed E-state index contributed by atoms with van der Waals surface area (Å²) in [5, 5.41) is 23.3. The quantitative estimate of drug-likeness (QED) is 0.349. The highest BCUT2D eigenvalue weighted by molar-refractivity contribution is 5.91. The van der Waals surface area contributed by atoms with Gasteiger partial charge in [-0.15, -0.1) is 6.58 Å². The Morgan fingerprint density at radius 1 is 1.43 bits per heavy atom. The van der Waals surface area contributed by atoms with E-state index in [4.69, 9.17) is 21.0 Å². The Balaban J connectivity index is 0.000000297. The second kappa shape index (κ2) is 10.2. The molecule has 2 aromatic rings. The summed E-state index contributed by atoms with van der Waals surface area (Å²) in [5.41, 5.74) is 0.842. The standard InChI is InChI=1S/C14H20N6O.C7H10FN/c1-3-4-11-12(7-19-6-5-17-9-19)18-10-20(14(11)16)13(15)8-21-2;1-3-6-4-7(6,8)5(2)9/h5-6,9-10,15-16H,3-4,7-8H2,1-2H3;3,6,9H,1,4H2,2H3. The first-order valence-corrected chi connectivity index (χ1v) is 9.82. The van der Waals surface area contributed by atoms with Gasteiger partial charge in [0.05, 0.1) is 18.6 Å². The largest absolute Gasteiger partial charge is 0.377 e. The fourth-order valence-electron chi connectivity index (χ4n) is 3.12. The van der Waals surface area contributed by atoms with Gasteiger partial charge in [-0.25, -0.2) is 14.4 Å². The maximum absolute atomic E-state index is 13.0. The van der Waals surface area contributed by atoms with Crippen LogP contribution < -0.4 is 5.49 Å². The van der Waals surface area contributed by atoms with Gasteiger partial charge in [0.1, 0.15) is 24.3 Å². The molecule has 1 fully saturated rings. The number of nitrogens with one attached hydrogen (secondary N) is 3. The van der Waals surface area contributed by atoms with Gasteiger partial charge in [-0.05, 0) is 19.8 Å². The number of nitrogens with zero attached hydrogens (tertiary/aromatic N) is 4. The summed E-state index contributed by atoms with van der Waals surface area (Å²) in [6.45, 7) is 7.78. The van der Waals surface area contributed by atoms with Gasteiger partial charge in [0.2, 0.25) is 0 Å². The summed E-state index contributed by atoms with van der Waals surface area (Å²) >= 11 is 0. The van der Waals surface area contributed by atoms with Crippen LogP contribution in [0, 0.1) is 22.1 Å². The molecule has 3 rings (SSSR count). The first-order valence-electron chi connectivity index (χ1n) is 9.82. The zero-order valence-corrected chi connectivity index (χ0v) is 17.8. The minimum Gasteiger partial charge on any atom is -0.377 e. The first-order chi connectivity index (χ1) is 14.3. The van der Waals surface area contributed by atoms with Crippen LogP contribution in [-0.2, 0) is 17.7 Å². The number of imidazole rings is 1.